The topological polar surface area (TPSA) is 60.2 Å². The SMILES string of the molecule is CCNCc1ccccc1OCc1ncon1. The minimum Gasteiger partial charge on any atom is -0.485 e. The summed E-state index contributed by atoms with van der Waals surface area (Å²) in [7, 11) is 0. The summed E-state index contributed by atoms with van der Waals surface area (Å²) in [6.45, 7) is 4.11. The molecule has 0 aliphatic heterocycles. The van der Waals surface area contributed by atoms with Gasteiger partial charge < -0.3 is 14.6 Å². The molecule has 0 saturated carbocycles. The molecule has 2 rings (SSSR count). The number of nitrogens with one attached hydrogen (secondary N) is 1. The molecule has 1 aromatic carbocycles. The lowest BCUT2D eigenvalue weighted by Gasteiger charge is -2.10. The molecule has 1 aromatic heterocycles. The maximum absolute atomic E-state index is 5.65. The third-order valence-corrected chi connectivity index (χ3v) is 2.30. The van der Waals surface area contributed by atoms with Crippen LogP contribution in [0.4, 0.5) is 0 Å². The normalized spacial score (nSPS) is 10.4. The van der Waals surface area contributed by atoms with Crippen LogP contribution in [0.3, 0.4) is 0 Å². The number of aromatic nitrogens is 2. The number of para-hydroxylation sites is 1. The van der Waals surface area contributed by atoms with E-state index < -0.39 is 0 Å². The molecule has 17 heavy (non-hydrogen) atoms. The highest BCUT2D eigenvalue weighted by molar-refractivity contribution is 5.33. The predicted octanol–water partition coefficient (Wildman–Crippen LogP) is 1.76. The molecule has 0 aliphatic carbocycles. The van der Waals surface area contributed by atoms with E-state index in [0.717, 1.165) is 24.4 Å². The van der Waals surface area contributed by atoms with Crippen LogP contribution >= 0.6 is 0 Å². The third-order valence-electron chi connectivity index (χ3n) is 2.30. The van der Waals surface area contributed by atoms with Crippen molar-refractivity contribution < 1.29 is 9.26 Å². The van der Waals surface area contributed by atoms with E-state index in [1.807, 2.05) is 24.3 Å². The van der Waals surface area contributed by atoms with Gasteiger partial charge in [-0.2, -0.15) is 4.98 Å². The molecule has 90 valence electrons. The van der Waals surface area contributed by atoms with Crippen molar-refractivity contribution in [1.29, 1.82) is 0 Å². The van der Waals surface area contributed by atoms with E-state index >= 15 is 0 Å². The summed E-state index contributed by atoms with van der Waals surface area (Å²) in [5, 5.41) is 6.96. The van der Waals surface area contributed by atoms with E-state index in [9.17, 15) is 0 Å². The number of rotatable bonds is 6. The van der Waals surface area contributed by atoms with E-state index in [4.69, 9.17) is 4.74 Å². The first-order valence-electron chi connectivity index (χ1n) is 5.57. The van der Waals surface area contributed by atoms with Gasteiger partial charge in [0.1, 0.15) is 5.75 Å². The average molecular weight is 233 g/mol. The Morgan fingerprint density at radius 2 is 2.24 bits per heavy atom. The van der Waals surface area contributed by atoms with Crippen LogP contribution in [0.1, 0.15) is 18.3 Å². The van der Waals surface area contributed by atoms with Crippen LogP contribution < -0.4 is 10.1 Å². The van der Waals surface area contributed by atoms with Gasteiger partial charge >= 0.3 is 0 Å². The van der Waals surface area contributed by atoms with Crippen molar-refractivity contribution in [2.75, 3.05) is 6.54 Å². The molecule has 0 spiro atoms. The van der Waals surface area contributed by atoms with Crippen LogP contribution in [0.15, 0.2) is 35.2 Å². The fraction of sp³-hybridized carbons (Fsp3) is 0.333. The third kappa shape index (κ3) is 3.29. The van der Waals surface area contributed by atoms with Gasteiger partial charge in [-0.25, -0.2) is 0 Å². The summed E-state index contributed by atoms with van der Waals surface area (Å²) in [4.78, 5) is 3.90. The van der Waals surface area contributed by atoms with Crippen molar-refractivity contribution in [3.63, 3.8) is 0 Å². The average Bonchev–Trinajstić information content (AvgIpc) is 2.88. The van der Waals surface area contributed by atoms with Crippen LogP contribution in [0, 0.1) is 0 Å². The molecular weight excluding hydrogens is 218 g/mol. The lowest BCUT2D eigenvalue weighted by atomic mass is 10.2. The predicted molar refractivity (Wildman–Crippen MR) is 62.5 cm³/mol. The number of hydrogen-bond donors (Lipinski definition) is 1. The zero-order valence-electron chi connectivity index (χ0n) is 9.72. The molecule has 1 heterocycles. The Morgan fingerprint density at radius 1 is 1.35 bits per heavy atom. The number of hydrogen-bond acceptors (Lipinski definition) is 5. The van der Waals surface area contributed by atoms with Crippen LogP contribution in [0.25, 0.3) is 0 Å². The second-order valence-electron chi connectivity index (χ2n) is 3.52. The van der Waals surface area contributed by atoms with Crippen molar-refractivity contribution >= 4 is 0 Å². The molecule has 1 N–H and O–H groups in total. The fourth-order valence-electron chi connectivity index (χ4n) is 1.45. The summed E-state index contributed by atoms with van der Waals surface area (Å²) in [5.41, 5.74) is 1.12. The lowest BCUT2D eigenvalue weighted by Crippen LogP contribution is -2.12. The van der Waals surface area contributed by atoms with Crippen molar-refractivity contribution in [2.45, 2.75) is 20.1 Å². The molecule has 0 aliphatic rings. The van der Waals surface area contributed by atoms with E-state index in [-0.39, 0.29) is 0 Å². The Morgan fingerprint density at radius 3 is 3.00 bits per heavy atom. The van der Waals surface area contributed by atoms with E-state index in [1.54, 1.807) is 0 Å². The Balaban J connectivity index is 1.99. The number of ether oxygens (including phenoxy) is 1. The summed E-state index contributed by atoms with van der Waals surface area (Å²) < 4.78 is 10.3. The van der Waals surface area contributed by atoms with E-state index in [1.165, 1.54) is 6.39 Å². The van der Waals surface area contributed by atoms with Gasteiger partial charge in [0.2, 0.25) is 12.2 Å². The van der Waals surface area contributed by atoms with Gasteiger partial charge in [-0.3, -0.25) is 0 Å². The zero-order chi connectivity index (χ0) is 11.9. The molecule has 0 fully saturated rings. The Hall–Kier alpha value is -1.88. The standard InChI is InChI=1S/C12H15N3O2/c1-2-13-7-10-5-3-4-6-11(10)16-8-12-14-9-17-15-12/h3-6,9,13H,2,7-8H2,1H3. The van der Waals surface area contributed by atoms with E-state index in [2.05, 4.69) is 26.9 Å². The molecule has 0 radical (unpaired) electrons. The van der Waals surface area contributed by atoms with Gasteiger partial charge in [0.25, 0.3) is 0 Å². The van der Waals surface area contributed by atoms with Crippen molar-refractivity contribution in [3.05, 3.63) is 42.0 Å². The van der Waals surface area contributed by atoms with Gasteiger partial charge in [-0.15, -0.1) is 0 Å². The van der Waals surface area contributed by atoms with Crippen LogP contribution in [-0.4, -0.2) is 16.7 Å². The van der Waals surface area contributed by atoms with Crippen molar-refractivity contribution in [3.8, 4) is 5.75 Å². The van der Waals surface area contributed by atoms with Crippen LogP contribution in [-0.2, 0) is 13.2 Å². The maximum Gasteiger partial charge on any atom is 0.213 e. The molecule has 0 amide bonds. The molecular formula is C12H15N3O2. The summed E-state index contributed by atoms with van der Waals surface area (Å²) in [6.07, 6.45) is 1.29. The molecule has 5 heteroatoms. The second kappa shape index (κ2) is 6.00. The Kier molecular flexibility index (Phi) is 4.10. The van der Waals surface area contributed by atoms with Crippen molar-refractivity contribution in [2.24, 2.45) is 0 Å². The first-order valence-corrected chi connectivity index (χ1v) is 5.57. The molecule has 0 saturated heterocycles. The number of nitrogens with zero attached hydrogens (tertiary/aromatic N) is 2. The smallest absolute Gasteiger partial charge is 0.213 e. The number of benzene rings is 1. The van der Waals surface area contributed by atoms with Crippen LogP contribution in [0.5, 0.6) is 5.75 Å². The first-order chi connectivity index (χ1) is 8.40. The van der Waals surface area contributed by atoms with Gasteiger partial charge in [-0.05, 0) is 12.6 Å². The summed E-state index contributed by atoms with van der Waals surface area (Å²) >= 11 is 0. The largest absolute Gasteiger partial charge is 0.485 e. The van der Waals surface area contributed by atoms with Gasteiger partial charge in [-0.1, -0.05) is 30.3 Å². The minimum absolute atomic E-state index is 0.319. The Bertz CT molecular complexity index is 443. The van der Waals surface area contributed by atoms with Gasteiger partial charge in [0.05, 0.1) is 0 Å². The molecule has 0 bridgehead atoms. The van der Waals surface area contributed by atoms with Gasteiger partial charge in [0, 0.05) is 12.1 Å². The molecule has 0 unspecified atom stereocenters. The van der Waals surface area contributed by atoms with Gasteiger partial charge in [0.15, 0.2) is 6.61 Å². The quantitative estimate of drug-likeness (QED) is 0.823. The molecule has 5 nitrogen and oxygen atoms in total. The van der Waals surface area contributed by atoms with Crippen LogP contribution in [0.2, 0.25) is 0 Å². The second-order valence-corrected chi connectivity index (χ2v) is 3.52. The molecule has 2 aromatic rings. The van der Waals surface area contributed by atoms with Crippen molar-refractivity contribution in [1.82, 2.24) is 15.5 Å². The highest BCUT2D eigenvalue weighted by Gasteiger charge is 2.04. The monoisotopic (exact) mass is 233 g/mol. The maximum atomic E-state index is 5.65. The van der Waals surface area contributed by atoms with E-state index in [0.29, 0.717) is 12.4 Å². The highest BCUT2D eigenvalue weighted by atomic mass is 16.5. The fourth-order valence-corrected chi connectivity index (χ4v) is 1.45. The summed E-state index contributed by atoms with van der Waals surface area (Å²) in [6, 6.07) is 7.91. The first kappa shape index (κ1) is 11.6. The molecule has 0 atom stereocenters. The zero-order valence-corrected chi connectivity index (χ0v) is 9.72. The Labute approximate surface area is 99.8 Å². The highest BCUT2D eigenvalue weighted by Crippen LogP contribution is 2.18. The minimum atomic E-state index is 0.319. The lowest BCUT2D eigenvalue weighted by molar-refractivity contribution is 0.283. The summed E-state index contributed by atoms with van der Waals surface area (Å²) in [5.74, 6) is 1.39.